The molecule has 5 rings (SSSR count). The lowest BCUT2D eigenvalue weighted by Gasteiger charge is -2.29. The van der Waals surface area contributed by atoms with E-state index in [2.05, 4.69) is 27.7 Å². The van der Waals surface area contributed by atoms with E-state index in [4.69, 9.17) is 9.26 Å². The fourth-order valence-electron chi connectivity index (χ4n) is 4.36. The Balaban J connectivity index is 1.33. The summed E-state index contributed by atoms with van der Waals surface area (Å²) in [5.41, 5.74) is 1.32. The third kappa shape index (κ3) is 5.35. The van der Waals surface area contributed by atoms with E-state index in [-0.39, 0.29) is 46.2 Å². The number of phenols is 2. The predicted molar refractivity (Wildman–Crippen MR) is 131 cm³/mol. The van der Waals surface area contributed by atoms with Gasteiger partial charge < -0.3 is 35.0 Å². The first-order valence-corrected chi connectivity index (χ1v) is 12.0. The molecular weight excluding hydrogens is 448 g/mol. The first kappa shape index (κ1) is 23.0. The summed E-state index contributed by atoms with van der Waals surface area (Å²) in [6.07, 6.45) is 5.36. The van der Waals surface area contributed by atoms with E-state index in [1.807, 2.05) is 24.3 Å². The van der Waals surface area contributed by atoms with Crippen LogP contribution in [0, 0.1) is 0 Å². The van der Waals surface area contributed by atoms with Crippen molar-refractivity contribution < 1.29 is 24.3 Å². The Hall–Kier alpha value is -3.72. The van der Waals surface area contributed by atoms with Gasteiger partial charge in [0.2, 0.25) is 0 Å². The minimum absolute atomic E-state index is 0.0848. The van der Waals surface area contributed by atoms with E-state index in [9.17, 15) is 15.0 Å². The number of phenolic OH excluding ortho intramolecular Hbond substituents is 2. The number of anilines is 1. The van der Waals surface area contributed by atoms with Crippen LogP contribution in [0.4, 0.5) is 5.69 Å². The summed E-state index contributed by atoms with van der Waals surface area (Å²) in [6, 6.07) is 12.1. The molecule has 1 saturated carbocycles. The van der Waals surface area contributed by atoms with Gasteiger partial charge in [-0.15, -0.1) is 0 Å². The molecule has 1 aromatic heterocycles. The van der Waals surface area contributed by atoms with Crippen molar-refractivity contribution in [3.63, 3.8) is 0 Å². The average molecular weight is 479 g/mol. The van der Waals surface area contributed by atoms with Crippen LogP contribution in [0.15, 0.2) is 47.0 Å². The molecule has 0 radical (unpaired) electrons. The van der Waals surface area contributed by atoms with Gasteiger partial charge >= 0.3 is 0 Å². The van der Waals surface area contributed by atoms with Gasteiger partial charge in [-0.3, -0.25) is 4.79 Å². The van der Waals surface area contributed by atoms with E-state index >= 15 is 0 Å². The molecule has 2 aromatic carbocycles. The van der Waals surface area contributed by atoms with Crippen molar-refractivity contribution in [3.05, 3.63) is 48.2 Å². The van der Waals surface area contributed by atoms with E-state index in [1.54, 1.807) is 0 Å². The summed E-state index contributed by atoms with van der Waals surface area (Å²) in [5, 5.41) is 31.0. The second kappa shape index (κ2) is 9.87. The van der Waals surface area contributed by atoms with Crippen molar-refractivity contribution >= 4 is 11.6 Å². The molecule has 3 aromatic rings. The molecule has 35 heavy (non-hydrogen) atoms. The highest BCUT2D eigenvalue weighted by Crippen LogP contribution is 2.43. The summed E-state index contributed by atoms with van der Waals surface area (Å²) in [4.78, 5) is 14.9. The molecule has 184 valence electrons. The Kier molecular flexibility index (Phi) is 6.50. The number of aromatic hydroxyl groups is 2. The van der Waals surface area contributed by atoms with Gasteiger partial charge in [0, 0.05) is 36.0 Å². The van der Waals surface area contributed by atoms with Crippen molar-refractivity contribution in [2.24, 2.45) is 0 Å². The number of amides is 1. The summed E-state index contributed by atoms with van der Waals surface area (Å²) < 4.78 is 11.4. The van der Waals surface area contributed by atoms with Crippen LogP contribution in [0.25, 0.3) is 11.3 Å². The maximum atomic E-state index is 12.7. The van der Waals surface area contributed by atoms with Gasteiger partial charge in [0.05, 0.1) is 0 Å². The molecule has 1 aliphatic carbocycles. The molecule has 4 N–H and O–H groups in total. The van der Waals surface area contributed by atoms with Crippen LogP contribution >= 0.6 is 0 Å². The third-order valence-electron chi connectivity index (χ3n) is 6.67. The van der Waals surface area contributed by atoms with E-state index in [0.717, 1.165) is 31.6 Å². The van der Waals surface area contributed by atoms with Crippen molar-refractivity contribution in [2.75, 3.05) is 25.5 Å². The molecule has 1 aliphatic heterocycles. The van der Waals surface area contributed by atoms with E-state index in [0.29, 0.717) is 11.8 Å². The number of nitrogens with one attached hydrogen (secondary N) is 2. The van der Waals surface area contributed by atoms with Gasteiger partial charge in [-0.2, -0.15) is 0 Å². The van der Waals surface area contributed by atoms with E-state index in [1.165, 1.54) is 37.5 Å². The Labute approximate surface area is 203 Å². The zero-order valence-corrected chi connectivity index (χ0v) is 19.7. The zero-order chi connectivity index (χ0) is 24.4. The fourth-order valence-corrected chi connectivity index (χ4v) is 4.36. The van der Waals surface area contributed by atoms with Crippen LogP contribution in [-0.2, 0) is 0 Å². The van der Waals surface area contributed by atoms with Crippen molar-refractivity contribution in [3.8, 4) is 34.3 Å². The molecular formula is C26H30N4O5. The summed E-state index contributed by atoms with van der Waals surface area (Å²) in [7, 11) is 2.06. The smallest absolute Gasteiger partial charge is 0.273 e. The Morgan fingerprint density at radius 2 is 1.80 bits per heavy atom. The number of carbonyl (C=O) groups excluding carboxylic acids is 1. The SMILES string of the molecule is CN1CCC(NC(=O)c2cc(-c3c(O)cc(O)cc3Oc3ccc(NC4CCC4)cc3)on2)CC1. The molecule has 1 saturated heterocycles. The predicted octanol–water partition coefficient (Wildman–Crippen LogP) is 4.33. The molecule has 0 unspecified atom stereocenters. The number of likely N-dealkylation sites (tertiary alicyclic amines) is 1. The molecule has 2 fully saturated rings. The largest absolute Gasteiger partial charge is 0.508 e. The molecule has 2 aliphatic rings. The van der Waals surface area contributed by atoms with Crippen LogP contribution in [0.5, 0.6) is 23.0 Å². The summed E-state index contributed by atoms with van der Waals surface area (Å²) >= 11 is 0. The zero-order valence-electron chi connectivity index (χ0n) is 19.7. The molecule has 9 heteroatoms. The minimum atomic E-state index is -0.329. The van der Waals surface area contributed by atoms with Crippen molar-refractivity contribution in [1.82, 2.24) is 15.4 Å². The van der Waals surface area contributed by atoms with Crippen molar-refractivity contribution in [1.29, 1.82) is 0 Å². The third-order valence-corrected chi connectivity index (χ3v) is 6.67. The van der Waals surface area contributed by atoms with E-state index < -0.39 is 0 Å². The van der Waals surface area contributed by atoms with Crippen LogP contribution < -0.4 is 15.4 Å². The number of benzene rings is 2. The number of hydrogen-bond acceptors (Lipinski definition) is 8. The lowest BCUT2D eigenvalue weighted by atomic mass is 9.93. The first-order valence-electron chi connectivity index (χ1n) is 12.0. The molecule has 2 heterocycles. The maximum absolute atomic E-state index is 12.7. The van der Waals surface area contributed by atoms with Crippen LogP contribution in [0.1, 0.15) is 42.6 Å². The Bertz CT molecular complexity index is 1180. The van der Waals surface area contributed by atoms with Gasteiger partial charge in [-0.25, -0.2) is 0 Å². The standard InChI is InChI=1S/C26H30N4O5/c1-30-11-9-18(10-12-30)28-26(33)21-15-24(35-29-21)25-22(32)13-19(31)14-23(25)34-20-7-5-17(6-8-20)27-16-3-2-4-16/h5-8,13-16,18,27,31-32H,2-4,9-12H2,1H3,(H,28,33). The van der Waals surface area contributed by atoms with Gasteiger partial charge in [0.1, 0.15) is 28.6 Å². The Morgan fingerprint density at radius 3 is 2.49 bits per heavy atom. The summed E-state index contributed by atoms with van der Waals surface area (Å²) in [6.45, 7) is 1.85. The number of piperidine rings is 1. The first-order chi connectivity index (χ1) is 16.9. The topological polar surface area (TPSA) is 120 Å². The fraction of sp³-hybridized carbons (Fsp3) is 0.385. The van der Waals surface area contributed by atoms with Gasteiger partial charge in [-0.05, 0) is 76.5 Å². The average Bonchev–Trinajstić information content (AvgIpc) is 3.28. The van der Waals surface area contributed by atoms with Gasteiger partial charge in [-0.1, -0.05) is 5.16 Å². The quantitative estimate of drug-likeness (QED) is 0.396. The summed E-state index contributed by atoms with van der Waals surface area (Å²) in [5.74, 6) is 0.126. The number of ether oxygens (including phenoxy) is 1. The minimum Gasteiger partial charge on any atom is -0.508 e. The normalized spacial score (nSPS) is 17.1. The number of aromatic nitrogens is 1. The second-order valence-electron chi connectivity index (χ2n) is 9.36. The number of hydrogen-bond donors (Lipinski definition) is 4. The highest BCUT2D eigenvalue weighted by molar-refractivity contribution is 5.93. The molecule has 0 atom stereocenters. The maximum Gasteiger partial charge on any atom is 0.273 e. The number of rotatable bonds is 7. The lowest BCUT2D eigenvalue weighted by Crippen LogP contribution is -2.43. The molecule has 0 bridgehead atoms. The number of nitrogens with zero attached hydrogens (tertiary/aromatic N) is 2. The highest BCUT2D eigenvalue weighted by atomic mass is 16.5. The van der Waals surface area contributed by atoms with Crippen LogP contribution in [0.3, 0.4) is 0 Å². The lowest BCUT2D eigenvalue weighted by molar-refractivity contribution is 0.0908. The van der Waals surface area contributed by atoms with Crippen molar-refractivity contribution in [2.45, 2.75) is 44.2 Å². The monoisotopic (exact) mass is 478 g/mol. The second-order valence-corrected chi connectivity index (χ2v) is 9.36. The van der Waals surface area contributed by atoms with Crippen LogP contribution in [-0.4, -0.2) is 58.4 Å². The number of carbonyl (C=O) groups is 1. The van der Waals surface area contributed by atoms with Gasteiger partial charge in [0.25, 0.3) is 5.91 Å². The highest BCUT2D eigenvalue weighted by Gasteiger charge is 2.24. The van der Waals surface area contributed by atoms with Crippen LogP contribution in [0.2, 0.25) is 0 Å². The molecule has 1 amide bonds. The van der Waals surface area contributed by atoms with Gasteiger partial charge in [0.15, 0.2) is 11.5 Å². The molecule has 9 nitrogen and oxygen atoms in total. The Morgan fingerprint density at radius 1 is 1.06 bits per heavy atom. The molecule has 0 spiro atoms.